The van der Waals surface area contributed by atoms with Crippen LogP contribution in [-0.4, -0.2) is 109 Å². The monoisotopic (exact) mass is 502 g/mol. The third-order valence-corrected chi connectivity index (χ3v) is 3.92. The van der Waals surface area contributed by atoms with E-state index >= 15 is 0 Å². The SMILES string of the molecule is O=C(/C=C/CO)OCC(COC(=O)/C=C/CO)(COC(=O)/C=C/CO)COC(=O)/C(=C/CO)CO. The van der Waals surface area contributed by atoms with Crippen LogP contribution in [0.15, 0.2) is 48.1 Å². The molecule has 0 fully saturated rings. The van der Waals surface area contributed by atoms with Crippen molar-refractivity contribution in [2.45, 2.75) is 0 Å². The van der Waals surface area contributed by atoms with Crippen molar-refractivity contribution in [2.24, 2.45) is 5.41 Å². The van der Waals surface area contributed by atoms with E-state index in [1.807, 2.05) is 0 Å². The van der Waals surface area contributed by atoms with Gasteiger partial charge in [-0.15, -0.1) is 0 Å². The largest absolute Gasteiger partial charge is 0.462 e. The van der Waals surface area contributed by atoms with E-state index in [-0.39, 0.29) is 5.57 Å². The first-order valence-corrected chi connectivity index (χ1v) is 10.2. The smallest absolute Gasteiger partial charge is 0.336 e. The fourth-order valence-electron chi connectivity index (χ4n) is 2.15. The Balaban J connectivity index is 5.88. The summed E-state index contributed by atoms with van der Waals surface area (Å²) in [6.07, 6.45) is 7.02. The fraction of sp³-hybridized carbons (Fsp3) is 0.455. The fourth-order valence-corrected chi connectivity index (χ4v) is 2.15. The molecule has 0 spiro atoms. The van der Waals surface area contributed by atoms with Gasteiger partial charge in [-0.05, 0) is 6.08 Å². The highest BCUT2D eigenvalue weighted by molar-refractivity contribution is 5.88. The van der Waals surface area contributed by atoms with Crippen LogP contribution in [0.2, 0.25) is 0 Å². The van der Waals surface area contributed by atoms with Crippen LogP contribution < -0.4 is 0 Å². The molecule has 0 radical (unpaired) electrons. The standard InChI is InChI=1S/C22H30O13/c23-8-1-4-18(28)32-13-22(14-33-19(29)5-2-9-24,15-34-20(30)6-3-10-25)16-35-21(31)17(12-27)7-11-26/h1-7,23-27H,8-16H2/b4-1+,5-2+,6-3+,17-7+. The van der Waals surface area contributed by atoms with Crippen molar-refractivity contribution in [2.75, 3.05) is 59.5 Å². The van der Waals surface area contributed by atoms with Gasteiger partial charge in [0.05, 0.1) is 38.6 Å². The van der Waals surface area contributed by atoms with Crippen LogP contribution >= 0.6 is 0 Å². The van der Waals surface area contributed by atoms with Crippen molar-refractivity contribution in [3.8, 4) is 0 Å². The molecule has 0 bridgehead atoms. The Morgan fingerprint density at radius 2 is 0.943 bits per heavy atom. The van der Waals surface area contributed by atoms with Crippen LogP contribution in [0.3, 0.4) is 0 Å². The van der Waals surface area contributed by atoms with Gasteiger partial charge in [0, 0.05) is 18.2 Å². The van der Waals surface area contributed by atoms with Crippen molar-refractivity contribution in [1.82, 2.24) is 0 Å². The van der Waals surface area contributed by atoms with E-state index in [4.69, 9.17) is 39.4 Å². The van der Waals surface area contributed by atoms with Gasteiger partial charge in [-0.2, -0.15) is 0 Å². The Morgan fingerprint density at radius 1 is 0.571 bits per heavy atom. The Labute approximate surface area is 201 Å². The molecular weight excluding hydrogens is 472 g/mol. The van der Waals surface area contributed by atoms with Crippen molar-refractivity contribution < 1.29 is 63.7 Å². The van der Waals surface area contributed by atoms with Gasteiger partial charge in [-0.1, -0.05) is 18.2 Å². The minimum absolute atomic E-state index is 0.282. The van der Waals surface area contributed by atoms with Gasteiger partial charge < -0.3 is 44.5 Å². The molecule has 0 atom stereocenters. The summed E-state index contributed by atoms with van der Waals surface area (Å²) >= 11 is 0. The lowest BCUT2D eigenvalue weighted by Crippen LogP contribution is -2.44. The van der Waals surface area contributed by atoms with Crippen molar-refractivity contribution in [3.63, 3.8) is 0 Å². The van der Waals surface area contributed by atoms with Crippen LogP contribution in [0.25, 0.3) is 0 Å². The zero-order chi connectivity index (χ0) is 26.5. The summed E-state index contributed by atoms with van der Waals surface area (Å²) in [7, 11) is 0. The Bertz CT molecular complexity index is 721. The van der Waals surface area contributed by atoms with Crippen molar-refractivity contribution in [1.29, 1.82) is 0 Å². The summed E-state index contributed by atoms with van der Waals surface area (Å²) in [5.41, 5.74) is -1.92. The second-order valence-corrected chi connectivity index (χ2v) is 6.72. The first-order valence-electron chi connectivity index (χ1n) is 10.2. The normalized spacial score (nSPS) is 12.3. The molecule has 5 N–H and O–H groups in total. The summed E-state index contributed by atoms with van der Waals surface area (Å²) in [5.74, 6) is -3.78. The highest BCUT2D eigenvalue weighted by Crippen LogP contribution is 2.22. The number of rotatable bonds is 17. The molecule has 0 aliphatic rings. The number of ether oxygens (including phenoxy) is 4. The summed E-state index contributed by atoms with van der Waals surface area (Å²) in [5, 5.41) is 44.6. The van der Waals surface area contributed by atoms with Gasteiger partial charge >= 0.3 is 23.9 Å². The Morgan fingerprint density at radius 3 is 1.26 bits per heavy atom. The molecule has 0 saturated heterocycles. The third kappa shape index (κ3) is 14.5. The molecule has 0 aromatic rings. The summed E-state index contributed by atoms with van der Waals surface area (Å²) in [4.78, 5) is 47.9. The molecule has 13 nitrogen and oxygen atoms in total. The highest BCUT2D eigenvalue weighted by Gasteiger charge is 2.38. The first-order chi connectivity index (χ1) is 16.8. The maximum Gasteiger partial charge on any atom is 0.336 e. The maximum absolute atomic E-state index is 12.2. The molecular formula is C22H30O13. The third-order valence-electron chi connectivity index (χ3n) is 3.92. The van der Waals surface area contributed by atoms with E-state index in [2.05, 4.69) is 0 Å². The summed E-state index contributed by atoms with van der Waals surface area (Å²) in [6.45, 7) is -5.07. The number of aliphatic hydroxyl groups is 5. The zero-order valence-electron chi connectivity index (χ0n) is 18.9. The molecule has 0 aromatic carbocycles. The van der Waals surface area contributed by atoms with Crippen LogP contribution in [0.5, 0.6) is 0 Å². The lowest BCUT2D eigenvalue weighted by Gasteiger charge is -2.31. The molecule has 0 aromatic heterocycles. The molecule has 13 heteroatoms. The zero-order valence-corrected chi connectivity index (χ0v) is 18.9. The Hall–Kier alpha value is -3.36. The second-order valence-electron chi connectivity index (χ2n) is 6.72. The van der Waals surface area contributed by atoms with E-state index in [0.29, 0.717) is 0 Å². The molecule has 0 amide bonds. The van der Waals surface area contributed by atoms with Crippen molar-refractivity contribution in [3.05, 3.63) is 48.1 Å². The number of hydrogen-bond donors (Lipinski definition) is 5. The maximum atomic E-state index is 12.2. The lowest BCUT2D eigenvalue weighted by molar-refractivity contribution is -0.164. The van der Waals surface area contributed by atoms with E-state index < -0.39 is 88.8 Å². The summed E-state index contributed by atoms with van der Waals surface area (Å²) < 4.78 is 20.3. The molecule has 196 valence electrons. The average Bonchev–Trinajstić information content (AvgIpc) is 2.86. The van der Waals surface area contributed by atoms with E-state index in [1.54, 1.807) is 0 Å². The number of aliphatic hydroxyl groups excluding tert-OH is 5. The molecule has 0 unspecified atom stereocenters. The highest BCUT2D eigenvalue weighted by atomic mass is 16.6. The first kappa shape index (κ1) is 31.6. The van der Waals surface area contributed by atoms with Gasteiger partial charge in [0.2, 0.25) is 0 Å². The minimum Gasteiger partial charge on any atom is -0.462 e. The molecule has 0 aliphatic heterocycles. The quantitative estimate of drug-likeness (QED) is 0.0807. The van der Waals surface area contributed by atoms with E-state index in [1.165, 1.54) is 0 Å². The second kappa shape index (κ2) is 19.0. The lowest BCUT2D eigenvalue weighted by atomic mass is 9.92. The molecule has 0 aliphatic carbocycles. The van der Waals surface area contributed by atoms with E-state index in [0.717, 1.165) is 42.5 Å². The predicted octanol–water partition coefficient (Wildman–Crippen LogP) is -2.30. The van der Waals surface area contributed by atoms with Gasteiger partial charge in [-0.3, -0.25) is 0 Å². The number of carbonyl (C=O) groups excluding carboxylic acids is 4. The molecule has 0 saturated carbocycles. The van der Waals surface area contributed by atoms with Gasteiger partial charge in [0.1, 0.15) is 31.8 Å². The van der Waals surface area contributed by atoms with Gasteiger partial charge in [0.25, 0.3) is 0 Å². The number of hydrogen-bond acceptors (Lipinski definition) is 13. The average molecular weight is 502 g/mol. The van der Waals surface area contributed by atoms with Gasteiger partial charge in [-0.25, -0.2) is 19.2 Å². The van der Waals surface area contributed by atoms with Crippen molar-refractivity contribution >= 4 is 23.9 Å². The number of carbonyl (C=O) groups is 4. The molecule has 0 heterocycles. The van der Waals surface area contributed by atoms with Crippen LogP contribution in [-0.2, 0) is 38.1 Å². The topological polar surface area (TPSA) is 206 Å². The summed E-state index contributed by atoms with van der Waals surface area (Å²) in [6, 6.07) is 0. The predicted molar refractivity (Wildman–Crippen MR) is 117 cm³/mol. The van der Waals surface area contributed by atoms with Gasteiger partial charge in [0.15, 0.2) is 0 Å². The molecule has 35 heavy (non-hydrogen) atoms. The molecule has 0 rings (SSSR count). The van der Waals surface area contributed by atoms with E-state index in [9.17, 15) is 24.3 Å². The minimum atomic E-state index is -1.64. The number of esters is 4. The van der Waals surface area contributed by atoms with Crippen LogP contribution in [0.1, 0.15) is 0 Å². The van der Waals surface area contributed by atoms with Crippen LogP contribution in [0, 0.1) is 5.41 Å². The van der Waals surface area contributed by atoms with Crippen LogP contribution in [0.4, 0.5) is 0 Å². The Kier molecular flexibility index (Phi) is 17.2.